The van der Waals surface area contributed by atoms with Crippen molar-refractivity contribution in [1.29, 1.82) is 0 Å². The molecule has 2 aromatic heterocycles. The molecule has 14 rings (SSSR count). The van der Waals surface area contributed by atoms with E-state index in [9.17, 15) is 0 Å². The van der Waals surface area contributed by atoms with Crippen LogP contribution in [0.3, 0.4) is 0 Å². The number of nitrogens with zero attached hydrogens (tertiary/aromatic N) is 2. The van der Waals surface area contributed by atoms with E-state index < -0.39 is 0 Å². The first-order chi connectivity index (χ1) is 32.6. The van der Waals surface area contributed by atoms with Gasteiger partial charge in [0.25, 0.3) is 0 Å². The summed E-state index contributed by atoms with van der Waals surface area (Å²) < 4.78 is 9.61. The van der Waals surface area contributed by atoms with E-state index in [1.54, 1.807) is 0 Å². The van der Waals surface area contributed by atoms with Crippen molar-refractivity contribution in [2.24, 2.45) is 0 Å². The molecule has 0 atom stereocenters. The molecule has 0 unspecified atom stereocenters. The second-order valence-corrected chi connectivity index (χ2v) is 26.2. The zero-order valence-corrected chi connectivity index (χ0v) is 43.1. The molecule has 0 saturated carbocycles. The van der Waals surface area contributed by atoms with Gasteiger partial charge in [0, 0.05) is 55.7 Å². The topological polar surface area (TPSA) is 21.3 Å². The van der Waals surface area contributed by atoms with Crippen molar-refractivity contribution >= 4 is 72.9 Å². The fourth-order valence-corrected chi connectivity index (χ4v) is 14.6. The van der Waals surface area contributed by atoms with E-state index >= 15 is 0 Å². The first-order valence-electron chi connectivity index (χ1n) is 26.0. The van der Waals surface area contributed by atoms with E-state index in [4.69, 9.17) is 4.42 Å². The first kappa shape index (κ1) is 41.9. The Labute approximate surface area is 409 Å². The molecule has 0 bridgehead atoms. The highest BCUT2D eigenvalue weighted by atomic mass is 16.3. The minimum absolute atomic E-state index is 0.0293. The van der Waals surface area contributed by atoms with Crippen molar-refractivity contribution in [2.45, 2.75) is 148 Å². The van der Waals surface area contributed by atoms with Crippen LogP contribution in [-0.2, 0) is 32.5 Å². The number of anilines is 2. The fraction of sp³-hybridized carbons (Fsp3) is 0.354. The molecule has 0 spiro atoms. The van der Waals surface area contributed by atoms with Crippen LogP contribution in [0.5, 0.6) is 0 Å². The molecule has 3 nitrogen and oxygen atoms in total. The van der Waals surface area contributed by atoms with Gasteiger partial charge in [-0.15, -0.1) is 0 Å². The summed E-state index contributed by atoms with van der Waals surface area (Å²) in [5.41, 5.74) is 26.9. The van der Waals surface area contributed by atoms with Gasteiger partial charge in [0.2, 0.25) is 0 Å². The molecule has 7 aromatic carbocycles. The summed E-state index contributed by atoms with van der Waals surface area (Å²) in [6.45, 7) is 31.8. The summed E-state index contributed by atoms with van der Waals surface area (Å²) in [7, 11) is 0. The van der Waals surface area contributed by atoms with Crippen molar-refractivity contribution in [2.75, 3.05) is 4.81 Å². The second kappa shape index (κ2) is 12.9. The maximum absolute atomic E-state index is 6.89. The lowest BCUT2D eigenvalue weighted by atomic mass is 9.43. The Balaban J connectivity index is 1.25. The van der Waals surface area contributed by atoms with Gasteiger partial charge < -0.3 is 13.8 Å². The zero-order chi connectivity index (χ0) is 47.9. The minimum Gasteiger partial charge on any atom is -0.456 e. The zero-order valence-electron chi connectivity index (χ0n) is 43.1. The molecular weight excluding hydrogens is 836 g/mol. The maximum atomic E-state index is 6.89. The minimum atomic E-state index is -0.260. The molecule has 344 valence electrons. The van der Waals surface area contributed by atoms with Gasteiger partial charge in [-0.3, -0.25) is 0 Å². The number of rotatable bonds is 1. The highest BCUT2D eigenvalue weighted by molar-refractivity contribution is 6.94. The molecule has 69 heavy (non-hydrogen) atoms. The number of aromatic nitrogens is 1. The highest BCUT2D eigenvalue weighted by Crippen LogP contribution is 2.61. The Morgan fingerprint density at radius 2 is 1.13 bits per heavy atom. The van der Waals surface area contributed by atoms with Crippen LogP contribution >= 0.6 is 0 Å². The van der Waals surface area contributed by atoms with Crippen LogP contribution < -0.4 is 15.7 Å². The van der Waals surface area contributed by atoms with Crippen LogP contribution in [0, 0.1) is 0 Å². The molecule has 9 aromatic rings. The van der Waals surface area contributed by atoms with Crippen molar-refractivity contribution in [3.63, 3.8) is 0 Å². The number of para-hydroxylation sites is 1. The van der Waals surface area contributed by atoms with Gasteiger partial charge in [-0.25, -0.2) is 0 Å². The van der Waals surface area contributed by atoms with Gasteiger partial charge in [-0.1, -0.05) is 151 Å². The molecular formula is C65H65BN2O. The van der Waals surface area contributed by atoms with Crippen molar-refractivity contribution in [1.82, 2.24) is 4.57 Å². The molecule has 0 amide bonds. The average Bonchev–Trinajstić information content (AvgIpc) is 3.92. The van der Waals surface area contributed by atoms with Crippen molar-refractivity contribution in [3.05, 3.63) is 148 Å². The van der Waals surface area contributed by atoms with Gasteiger partial charge in [0.05, 0.1) is 11.0 Å². The van der Waals surface area contributed by atoms with E-state index in [1.165, 1.54) is 141 Å². The molecule has 0 radical (unpaired) electrons. The third kappa shape index (κ3) is 5.26. The lowest BCUT2D eigenvalue weighted by Crippen LogP contribution is -2.61. The summed E-state index contributed by atoms with van der Waals surface area (Å²) in [6, 6.07) is 43.4. The number of fused-ring (bicyclic) bond motifs is 18. The van der Waals surface area contributed by atoms with Crippen LogP contribution in [0.2, 0.25) is 0 Å². The molecule has 2 aliphatic heterocycles. The third-order valence-corrected chi connectivity index (χ3v) is 18.8. The lowest BCUT2D eigenvalue weighted by molar-refractivity contribution is 0.332. The number of furan rings is 1. The van der Waals surface area contributed by atoms with Crippen LogP contribution in [0.15, 0.2) is 114 Å². The van der Waals surface area contributed by atoms with Crippen LogP contribution in [-0.4, -0.2) is 11.4 Å². The second-order valence-electron chi connectivity index (χ2n) is 26.2. The van der Waals surface area contributed by atoms with Gasteiger partial charge in [-0.2, -0.15) is 0 Å². The Hall–Kier alpha value is -6.00. The SMILES string of the molecule is CC(C)(C)c1ccc(N2B3c4cc5c(cc4-n4c6cc7c(cc6c6c8c(c(c3c64)-c3cc4c(cc32)C(C)(C)CCC4(C)C)C(C)(C)c2ccccc2-8)C(C)(C)CCC7(C)C)oc2ccccc25)cc1. The monoisotopic (exact) mass is 901 g/mol. The van der Waals surface area contributed by atoms with Gasteiger partial charge in [0.1, 0.15) is 11.2 Å². The third-order valence-electron chi connectivity index (χ3n) is 18.8. The molecule has 0 saturated heterocycles. The number of benzene rings is 7. The smallest absolute Gasteiger partial charge is 0.333 e. The summed E-state index contributed by atoms with van der Waals surface area (Å²) in [5, 5.41) is 5.13. The molecule has 0 N–H and O–H groups in total. The quantitative estimate of drug-likeness (QED) is 0.153. The van der Waals surface area contributed by atoms with Gasteiger partial charge >= 0.3 is 6.85 Å². The largest absolute Gasteiger partial charge is 0.456 e. The fourth-order valence-electron chi connectivity index (χ4n) is 14.6. The summed E-state index contributed by atoms with van der Waals surface area (Å²) in [5.74, 6) is 0. The summed E-state index contributed by atoms with van der Waals surface area (Å²) >= 11 is 0. The Bertz CT molecular complexity index is 3800. The van der Waals surface area contributed by atoms with Crippen LogP contribution in [0.25, 0.3) is 71.7 Å². The molecule has 5 aliphatic rings. The first-order valence-corrected chi connectivity index (χ1v) is 26.0. The highest BCUT2D eigenvalue weighted by Gasteiger charge is 2.52. The number of hydrogen-bond donors (Lipinski definition) is 0. The Morgan fingerprint density at radius 3 is 1.81 bits per heavy atom. The van der Waals surface area contributed by atoms with E-state index in [-0.39, 0.29) is 39.3 Å². The van der Waals surface area contributed by atoms with E-state index in [0.29, 0.717) is 0 Å². The van der Waals surface area contributed by atoms with Gasteiger partial charge in [0.15, 0.2) is 0 Å². The van der Waals surface area contributed by atoms with Crippen LogP contribution in [0.4, 0.5) is 11.4 Å². The van der Waals surface area contributed by atoms with Crippen LogP contribution in [0.1, 0.15) is 155 Å². The van der Waals surface area contributed by atoms with E-state index in [2.05, 4.69) is 209 Å². The predicted molar refractivity (Wildman–Crippen MR) is 294 cm³/mol. The maximum Gasteiger partial charge on any atom is 0.333 e. The normalized spacial score (nSPS) is 19.4. The summed E-state index contributed by atoms with van der Waals surface area (Å²) in [4.78, 5) is 2.79. The molecule has 4 heterocycles. The molecule has 4 heteroatoms. The Morgan fingerprint density at radius 1 is 0.522 bits per heavy atom. The summed E-state index contributed by atoms with van der Waals surface area (Å²) in [6.07, 6.45) is 4.67. The standard InChI is InChI=1S/C65H65BN2O/c1-60(2,3)36-22-24-37(25-23-36)68-50-34-47-45(62(6,7)27-29-64(47,10)11)31-42(50)56-57-54(39-19-14-16-20-43(39)65(57,12)13)55-41-30-44-46(63(8,9)28-26-61(44,4)5)33-49(41)67-51-35-53-40(38-18-15-17-21-52(38)69-53)32-48(51)66(68)58(56)59(55)67/h14-25,30-35H,26-29H2,1-13H3. The van der Waals surface area contributed by atoms with Crippen molar-refractivity contribution in [3.8, 4) is 27.9 Å². The van der Waals surface area contributed by atoms with Gasteiger partial charge in [-0.05, 0) is 162 Å². The molecule has 0 fully saturated rings. The van der Waals surface area contributed by atoms with Crippen molar-refractivity contribution < 1.29 is 4.42 Å². The van der Waals surface area contributed by atoms with E-state index in [0.717, 1.165) is 17.6 Å². The predicted octanol–water partition coefficient (Wildman–Crippen LogP) is 16.2. The molecule has 3 aliphatic carbocycles. The van der Waals surface area contributed by atoms with E-state index in [1.807, 2.05) is 0 Å². The lowest BCUT2D eigenvalue weighted by Gasteiger charge is -2.47. The Kier molecular flexibility index (Phi) is 7.81. The number of hydrogen-bond acceptors (Lipinski definition) is 2. The average molecular weight is 901 g/mol.